The van der Waals surface area contributed by atoms with Gasteiger partial charge in [-0.3, -0.25) is 9.59 Å². The molecule has 0 spiro atoms. The molecule has 0 saturated heterocycles. The van der Waals surface area contributed by atoms with Crippen LogP contribution in [0.5, 0.6) is 17.2 Å². The number of aromatic hydroxyl groups is 2. The third-order valence-electron chi connectivity index (χ3n) is 2.86. The monoisotopic (exact) mass is 266 g/mol. The Kier molecular flexibility index (Phi) is 4.53. The van der Waals surface area contributed by atoms with Crippen LogP contribution in [-0.4, -0.2) is 29.4 Å². The first-order valence-corrected chi connectivity index (χ1v) is 5.95. The van der Waals surface area contributed by atoms with Gasteiger partial charge in [-0.2, -0.15) is 0 Å². The van der Waals surface area contributed by atoms with Gasteiger partial charge in [0.15, 0.2) is 12.1 Å². The number of carbonyl (C=O) groups is 2. The molecular formula is C14H18O5. The maximum absolute atomic E-state index is 12.1. The highest BCUT2D eigenvalue weighted by molar-refractivity contribution is 6.05. The number of hydrogen-bond donors (Lipinski definition) is 2. The van der Waals surface area contributed by atoms with Gasteiger partial charge in [-0.1, -0.05) is 13.8 Å². The quantitative estimate of drug-likeness (QED) is 0.631. The van der Waals surface area contributed by atoms with Crippen molar-refractivity contribution in [3.8, 4) is 17.2 Å². The summed E-state index contributed by atoms with van der Waals surface area (Å²) < 4.78 is 5.08. The van der Waals surface area contributed by atoms with E-state index in [1.165, 1.54) is 14.0 Å². The SMILES string of the molecule is COc1c(C)c(O)c(C=O)c(O)c1C(=O)CC(C)C. The van der Waals surface area contributed by atoms with Crippen LogP contribution in [0.25, 0.3) is 0 Å². The Hall–Kier alpha value is -2.04. The summed E-state index contributed by atoms with van der Waals surface area (Å²) in [6.07, 6.45) is 0.537. The van der Waals surface area contributed by atoms with Crippen LogP contribution in [0.2, 0.25) is 0 Å². The summed E-state index contributed by atoms with van der Waals surface area (Å²) in [7, 11) is 1.34. The number of phenolic OH excluding ortho intramolecular Hbond substituents is 2. The summed E-state index contributed by atoms with van der Waals surface area (Å²) in [5.41, 5.74) is -0.0755. The Labute approximate surface area is 111 Å². The molecule has 0 radical (unpaired) electrons. The van der Waals surface area contributed by atoms with Crippen LogP contribution in [0.4, 0.5) is 0 Å². The van der Waals surface area contributed by atoms with E-state index in [-0.39, 0.29) is 46.3 Å². The second-order valence-corrected chi connectivity index (χ2v) is 4.78. The highest BCUT2D eigenvalue weighted by Crippen LogP contribution is 2.41. The van der Waals surface area contributed by atoms with E-state index in [1.807, 2.05) is 13.8 Å². The Morgan fingerprint density at radius 2 is 1.89 bits per heavy atom. The van der Waals surface area contributed by atoms with E-state index < -0.39 is 5.75 Å². The van der Waals surface area contributed by atoms with Crippen LogP contribution in [0.1, 0.15) is 46.5 Å². The van der Waals surface area contributed by atoms with E-state index in [1.54, 1.807) is 0 Å². The minimum absolute atomic E-state index is 0.0476. The molecule has 5 nitrogen and oxygen atoms in total. The molecule has 0 saturated carbocycles. The lowest BCUT2D eigenvalue weighted by atomic mass is 9.94. The predicted octanol–water partition coefficient (Wildman–Crippen LogP) is 2.46. The van der Waals surface area contributed by atoms with Crippen molar-refractivity contribution in [3.63, 3.8) is 0 Å². The van der Waals surface area contributed by atoms with E-state index in [9.17, 15) is 19.8 Å². The van der Waals surface area contributed by atoms with Gasteiger partial charge in [0.2, 0.25) is 0 Å². The Bertz CT molecular complexity index is 517. The fourth-order valence-corrected chi connectivity index (χ4v) is 1.95. The molecule has 1 rings (SSSR count). The van der Waals surface area contributed by atoms with Crippen molar-refractivity contribution in [2.24, 2.45) is 5.92 Å². The van der Waals surface area contributed by atoms with Gasteiger partial charge >= 0.3 is 0 Å². The molecule has 2 N–H and O–H groups in total. The number of phenols is 2. The predicted molar refractivity (Wildman–Crippen MR) is 70.2 cm³/mol. The zero-order chi connectivity index (χ0) is 14.7. The third-order valence-corrected chi connectivity index (χ3v) is 2.86. The van der Waals surface area contributed by atoms with E-state index >= 15 is 0 Å². The van der Waals surface area contributed by atoms with E-state index in [0.717, 1.165) is 0 Å². The number of aldehydes is 1. The van der Waals surface area contributed by atoms with Gasteiger partial charge in [-0.15, -0.1) is 0 Å². The van der Waals surface area contributed by atoms with E-state index in [0.29, 0.717) is 6.29 Å². The Balaban J connectivity index is 3.57. The van der Waals surface area contributed by atoms with Crippen molar-refractivity contribution in [1.29, 1.82) is 0 Å². The average Bonchev–Trinajstić information content (AvgIpc) is 2.33. The van der Waals surface area contributed by atoms with Gasteiger partial charge in [-0.05, 0) is 12.8 Å². The van der Waals surface area contributed by atoms with Gasteiger partial charge in [0.25, 0.3) is 0 Å². The molecule has 0 amide bonds. The molecule has 19 heavy (non-hydrogen) atoms. The summed E-state index contributed by atoms with van der Waals surface area (Å²) in [6, 6.07) is 0. The Morgan fingerprint density at radius 1 is 1.32 bits per heavy atom. The van der Waals surface area contributed by atoms with Gasteiger partial charge in [-0.25, -0.2) is 0 Å². The average molecular weight is 266 g/mol. The standard InChI is InChI=1S/C14H18O5/c1-7(2)5-10(16)11-13(18)9(6-15)12(17)8(3)14(11)19-4/h6-7,17-18H,5H2,1-4H3. The molecule has 0 aromatic heterocycles. The van der Waals surface area contributed by atoms with Gasteiger partial charge < -0.3 is 14.9 Å². The van der Waals surface area contributed by atoms with Crippen molar-refractivity contribution in [2.75, 3.05) is 7.11 Å². The smallest absolute Gasteiger partial charge is 0.170 e. The van der Waals surface area contributed by atoms with Crippen molar-refractivity contribution >= 4 is 12.1 Å². The molecule has 0 unspecified atom stereocenters. The number of benzene rings is 1. The topological polar surface area (TPSA) is 83.8 Å². The maximum Gasteiger partial charge on any atom is 0.170 e. The van der Waals surface area contributed by atoms with Gasteiger partial charge in [0.1, 0.15) is 22.8 Å². The number of methoxy groups -OCH3 is 1. The highest BCUT2D eigenvalue weighted by Gasteiger charge is 2.26. The fourth-order valence-electron chi connectivity index (χ4n) is 1.95. The second kappa shape index (κ2) is 5.73. The first kappa shape index (κ1) is 15.0. The van der Waals surface area contributed by atoms with Crippen molar-refractivity contribution in [3.05, 3.63) is 16.7 Å². The zero-order valence-corrected chi connectivity index (χ0v) is 11.5. The minimum Gasteiger partial charge on any atom is -0.507 e. The third kappa shape index (κ3) is 2.70. The first-order valence-electron chi connectivity index (χ1n) is 5.95. The van der Waals surface area contributed by atoms with E-state index in [4.69, 9.17) is 4.74 Å². The summed E-state index contributed by atoms with van der Waals surface area (Å²) in [4.78, 5) is 23.1. The first-order chi connectivity index (χ1) is 8.84. The summed E-state index contributed by atoms with van der Waals surface area (Å²) in [5.74, 6) is -1.02. The van der Waals surface area contributed by atoms with Crippen molar-refractivity contribution in [1.82, 2.24) is 0 Å². The number of ketones is 1. The zero-order valence-electron chi connectivity index (χ0n) is 11.5. The summed E-state index contributed by atoms with van der Waals surface area (Å²) in [5, 5.41) is 19.8. The molecule has 0 aliphatic rings. The second-order valence-electron chi connectivity index (χ2n) is 4.78. The number of Topliss-reactive ketones (excluding diaryl/α,β-unsaturated/α-hetero) is 1. The summed E-state index contributed by atoms with van der Waals surface area (Å²) in [6.45, 7) is 5.26. The van der Waals surface area contributed by atoms with Crippen molar-refractivity contribution < 1.29 is 24.5 Å². The van der Waals surface area contributed by atoms with Crippen LogP contribution >= 0.6 is 0 Å². The number of hydrogen-bond acceptors (Lipinski definition) is 5. The lowest BCUT2D eigenvalue weighted by Gasteiger charge is -2.16. The van der Waals surface area contributed by atoms with Crippen LogP contribution < -0.4 is 4.74 Å². The molecule has 0 aliphatic heterocycles. The van der Waals surface area contributed by atoms with Crippen molar-refractivity contribution in [2.45, 2.75) is 27.2 Å². The molecule has 104 valence electrons. The Morgan fingerprint density at radius 3 is 2.32 bits per heavy atom. The molecule has 0 heterocycles. The highest BCUT2D eigenvalue weighted by atomic mass is 16.5. The van der Waals surface area contributed by atoms with Gasteiger partial charge in [0, 0.05) is 12.0 Å². The molecule has 1 aromatic carbocycles. The summed E-state index contributed by atoms with van der Waals surface area (Å²) >= 11 is 0. The molecule has 1 aromatic rings. The molecule has 0 fully saturated rings. The molecule has 0 aliphatic carbocycles. The molecular weight excluding hydrogens is 248 g/mol. The number of ether oxygens (including phenoxy) is 1. The van der Waals surface area contributed by atoms with E-state index in [2.05, 4.69) is 0 Å². The maximum atomic E-state index is 12.1. The van der Waals surface area contributed by atoms with Crippen LogP contribution in [0, 0.1) is 12.8 Å². The lowest BCUT2D eigenvalue weighted by molar-refractivity contribution is 0.0962. The fraction of sp³-hybridized carbons (Fsp3) is 0.429. The van der Waals surface area contributed by atoms with Crippen LogP contribution in [0.3, 0.4) is 0 Å². The largest absolute Gasteiger partial charge is 0.507 e. The molecule has 0 atom stereocenters. The minimum atomic E-state index is -0.527. The molecule has 5 heteroatoms. The van der Waals surface area contributed by atoms with Gasteiger partial charge in [0.05, 0.1) is 12.7 Å². The van der Waals surface area contributed by atoms with Crippen LogP contribution in [0.15, 0.2) is 0 Å². The molecule has 0 bridgehead atoms. The number of rotatable bonds is 5. The van der Waals surface area contributed by atoms with Crippen LogP contribution in [-0.2, 0) is 0 Å². The lowest BCUT2D eigenvalue weighted by Crippen LogP contribution is -2.09. The normalized spacial score (nSPS) is 10.6. The number of carbonyl (C=O) groups excluding carboxylic acids is 2.